The number of hydrogen-bond acceptors (Lipinski definition) is 6. The number of nitrogens with zero attached hydrogens (tertiary/aromatic N) is 5. The number of aromatic nitrogens is 4. The van der Waals surface area contributed by atoms with Crippen molar-refractivity contribution in [2.75, 3.05) is 5.32 Å². The van der Waals surface area contributed by atoms with Gasteiger partial charge in [0, 0.05) is 23.4 Å². The van der Waals surface area contributed by atoms with Crippen LogP contribution in [0.5, 0.6) is 0 Å². The molecule has 3 rings (SSSR count). The Morgan fingerprint density at radius 2 is 1.88 bits per heavy atom. The number of amides is 1. The van der Waals surface area contributed by atoms with E-state index in [0.29, 0.717) is 11.6 Å². The molecule has 2 aromatic heterocycles. The summed E-state index contributed by atoms with van der Waals surface area (Å²) < 4.78 is 1.64. The van der Waals surface area contributed by atoms with E-state index in [1.54, 1.807) is 4.68 Å². The molecular formula is C17H16N6O3. The SMILES string of the molecule is Cc1nn(-c2ncc(NC(=O)c3cccc([N+](=O)[O-])c3)cn2)c(C)c1C. The van der Waals surface area contributed by atoms with Gasteiger partial charge in [-0.15, -0.1) is 0 Å². The first kappa shape index (κ1) is 17.2. The van der Waals surface area contributed by atoms with Crippen LogP contribution in [0.1, 0.15) is 27.3 Å². The normalized spacial score (nSPS) is 10.6. The summed E-state index contributed by atoms with van der Waals surface area (Å²) in [5.74, 6) is -0.0842. The van der Waals surface area contributed by atoms with Gasteiger partial charge in [-0.25, -0.2) is 14.6 Å². The minimum absolute atomic E-state index is 0.149. The lowest BCUT2D eigenvalue weighted by Gasteiger charge is -2.06. The average molecular weight is 352 g/mol. The van der Waals surface area contributed by atoms with Crippen LogP contribution in [0.15, 0.2) is 36.7 Å². The van der Waals surface area contributed by atoms with Crippen LogP contribution in [0.3, 0.4) is 0 Å². The first-order valence-corrected chi connectivity index (χ1v) is 7.78. The molecule has 3 aromatic rings. The zero-order chi connectivity index (χ0) is 18.8. The molecule has 1 amide bonds. The minimum Gasteiger partial charge on any atom is -0.319 e. The zero-order valence-corrected chi connectivity index (χ0v) is 14.4. The fraction of sp³-hybridized carbons (Fsp3) is 0.176. The molecule has 1 N–H and O–H groups in total. The summed E-state index contributed by atoms with van der Waals surface area (Å²) in [4.78, 5) is 30.9. The van der Waals surface area contributed by atoms with Crippen molar-refractivity contribution < 1.29 is 9.72 Å². The minimum atomic E-state index is -0.551. The van der Waals surface area contributed by atoms with E-state index in [9.17, 15) is 14.9 Å². The molecule has 0 atom stereocenters. The van der Waals surface area contributed by atoms with Gasteiger partial charge in [-0.2, -0.15) is 5.10 Å². The van der Waals surface area contributed by atoms with Crippen LogP contribution in [-0.2, 0) is 0 Å². The molecule has 0 radical (unpaired) electrons. The molecule has 9 nitrogen and oxygen atoms in total. The van der Waals surface area contributed by atoms with Crippen LogP contribution in [0.25, 0.3) is 5.95 Å². The lowest BCUT2D eigenvalue weighted by atomic mass is 10.2. The summed E-state index contributed by atoms with van der Waals surface area (Å²) in [6.07, 6.45) is 2.92. The highest BCUT2D eigenvalue weighted by Gasteiger charge is 2.13. The number of carbonyl (C=O) groups is 1. The van der Waals surface area contributed by atoms with Gasteiger partial charge in [-0.3, -0.25) is 14.9 Å². The van der Waals surface area contributed by atoms with Crippen molar-refractivity contribution in [1.82, 2.24) is 19.7 Å². The van der Waals surface area contributed by atoms with Crippen molar-refractivity contribution in [1.29, 1.82) is 0 Å². The van der Waals surface area contributed by atoms with Crippen molar-refractivity contribution in [2.24, 2.45) is 0 Å². The molecule has 0 saturated heterocycles. The number of rotatable bonds is 4. The van der Waals surface area contributed by atoms with Gasteiger partial charge in [0.25, 0.3) is 17.5 Å². The molecule has 26 heavy (non-hydrogen) atoms. The smallest absolute Gasteiger partial charge is 0.270 e. The van der Waals surface area contributed by atoms with Gasteiger partial charge in [0.15, 0.2) is 0 Å². The van der Waals surface area contributed by atoms with E-state index in [-0.39, 0.29) is 11.3 Å². The highest BCUT2D eigenvalue weighted by molar-refractivity contribution is 6.04. The van der Waals surface area contributed by atoms with E-state index in [1.165, 1.54) is 36.7 Å². The Bertz CT molecular complexity index is 994. The van der Waals surface area contributed by atoms with Crippen molar-refractivity contribution in [3.05, 3.63) is 69.3 Å². The Balaban J connectivity index is 1.79. The summed E-state index contributed by atoms with van der Waals surface area (Å²) in [6, 6.07) is 5.49. The monoisotopic (exact) mass is 352 g/mol. The number of aryl methyl sites for hydroxylation is 1. The third-order valence-corrected chi connectivity index (χ3v) is 4.06. The molecular weight excluding hydrogens is 336 g/mol. The molecule has 0 unspecified atom stereocenters. The van der Waals surface area contributed by atoms with Crippen molar-refractivity contribution >= 4 is 17.3 Å². The molecule has 0 aliphatic rings. The molecule has 132 valence electrons. The molecule has 0 fully saturated rings. The molecule has 9 heteroatoms. The lowest BCUT2D eigenvalue weighted by molar-refractivity contribution is -0.384. The molecule has 0 aliphatic carbocycles. The fourth-order valence-electron chi connectivity index (χ4n) is 2.37. The van der Waals surface area contributed by atoms with Crippen LogP contribution in [0, 0.1) is 30.9 Å². The second kappa shape index (κ2) is 6.71. The van der Waals surface area contributed by atoms with Crippen LogP contribution >= 0.6 is 0 Å². The maximum atomic E-state index is 12.2. The predicted octanol–water partition coefficient (Wildman–Crippen LogP) is 2.75. The molecule has 0 bridgehead atoms. The van der Waals surface area contributed by atoms with E-state index >= 15 is 0 Å². The van der Waals surface area contributed by atoms with Gasteiger partial charge in [-0.05, 0) is 32.4 Å². The molecule has 0 aliphatic heterocycles. The number of nitrogens with one attached hydrogen (secondary N) is 1. The number of nitro groups is 1. The first-order valence-electron chi connectivity index (χ1n) is 7.78. The van der Waals surface area contributed by atoms with Gasteiger partial charge >= 0.3 is 0 Å². The second-order valence-electron chi connectivity index (χ2n) is 5.74. The van der Waals surface area contributed by atoms with Gasteiger partial charge in [0.05, 0.1) is 28.7 Å². The van der Waals surface area contributed by atoms with E-state index in [2.05, 4.69) is 20.4 Å². The maximum Gasteiger partial charge on any atom is 0.270 e. The summed E-state index contributed by atoms with van der Waals surface area (Å²) in [5.41, 5.74) is 3.31. The van der Waals surface area contributed by atoms with Gasteiger partial charge < -0.3 is 5.32 Å². The molecule has 2 heterocycles. The van der Waals surface area contributed by atoms with Crippen LogP contribution in [-0.4, -0.2) is 30.6 Å². The van der Waals surface area contributed by atoms with Gasteiger partial charge in [0.2, 0.25) is 0 Å². The van der Waals surface area contributed by atoms with Gasteiger partial charge in [-0.1, -0.05) is 6.07 Å². The quantitative estimate of drug-likeness (QED) is 0.570. The largest absolute Gasteiger partial charge is 0.319 e. The maximum absolute atomic E-state index is 12.2. The Hall–Kier alpha value is -3.62. The summed E-state index contributed by atoms with van der Waals surface area (Å²) in [7, 11) is 0. The summed E-state index contributed by atoms with van der Waals surface area (Å²) in [6.45, 7) is 5.81. The van der Waals surface area contributed by atoms with Crippen LogP contribution in [0.4, 0.5) is 11.4 Å². The Morgan fingerprint density at radius 1 is 1.19 bits per heavy atom. The Labute approximate surface area is 148 Å². The van der Waals surface area contributed by atoms with Gasteiger partial charge in [0.1, 0.15) is 0 Å². The number of non-ortho nitro benzene ring substituents is 1. The third-order valence-electron chi connectivity index (χ3n) is 4.06. The highest BCUT2D eigenvalue weighted by atomic mass is 16.6. The number of hydrogen-bond donors (Lipinski definition) is 1. The summed E-state index contributed by atoms with van der Waals surface area (Å²) in [5, 5.41) is 17.8. The standard InChI is InChI=1S/C17H16N6O3/c1-10-11(2)21-22(12(10)3)17-18-8-14(9-19-17)20-16(24)13-5-4-6-15(7-13)23(25)26/h4-9H,1-3H3,(H,20,24). The highest BCUT2D eigenvalue weighted by Crippen LogP contribution is 2.16. The summed E-state index contributed by atoms with van der Waals surface area (Å²) >= 11 is 0. The lowest BCUT2D eigenvalue weighted by Crippen LogP contribution is -2.13. The fourth-order valence-corrected chi connectivity index (χ4v) is 2.37. The number of carbonyl (C=O) groups excluding carboxylic acids is 1. The topological polar surface area (TPSA) is 116 Å². The second-order valence-corrected chi connectivity index (χ2v) is 5.74. The van der Waals surface area contributed by atoms with E-state index < -0.39 is 10.8 Å². The van der Waals surface area contributed by atoms with Crippen molar-refractivity contribution in [2.45, 2.75) is 20.8 Å². The Kier molecular flexibility index (Phi) is 4.44. The Morgan fingerprint density at radius 3 is 2.46 bits per heavy atom. The predicted molar refractivity (Wildman–Crippen MR) is 94.4 cm³/mol. The zero-order valence-electron chi connectivity index (χ0n) is 14.4. The molecule has 0 spiro atoms. The number of benzene rings is 1. The van der Waals surface area contributed by atoms with E-state index in [4.69, 9.17) is 0 Å². The molecule has 1 aromatic carbocycles. The van der Waals surface area contributed by atoms with Crippen LogP contribution in [0.2, 0.25) is 0 Å². The number of anilines is 1. The van der Waals surface area contributed by atoms with Crippen molar-refractivity contribution in [3.63, 3.8) is 0 Å². The average Bonchev–Trinajstić information content (AvgIpc) is 2.90. The van der Waals surface area contributed by atoms with Crippen molar-refractivity contribution in [3.8, 4) is 5.95 Å². The molecule has 0 saturated carbocycles. The third kappa shape index (κ3) is 3.27. The first-order chi connectivity index (χ1) is 12.4. The van der Waals surface area contributed by atoms with Crippen LogP contribution < -0.4 is 5.32 Å². The number of nitro benzene ring substituents is 1. The van der Waals surface area contributed by atoms with E-state index in [0.717, 1.165) is 17.0 Å². The van der Waals surface area contributed by atoms with E-state index in [1.807, 2.05) is 20.8 Å².